The van der Waals surface area contributed by atoms with Crippen molar-refractivity contribution in [3.63, 3.8) is 0 Å². The Bertz CT molecular complexity index is 1210. The number of benzene rings is 1. The van der Waals surface area contributed by atoms with Crippen molar-refractivity contribution in [2.75, 3.05) is 33.7 Å². The Morgan fingerprint density at radius 3 is 2.58 bits per heavy atom. The lowest BCUT2D eigenvalue weighted by Crippen LogP contribution is -2.49. The minimum absolute atomic E-state index is 0.0997. The Labute approximate surface area is 212 Å². The van der Waals surface area contributed by atoms with Crippen molar-refractivity contribution in [2.24, 2.45) is 0 Å². The summed E-state index contributed by atoms with van der Waals surface area (Å²) in [5, 5.41) is 15.5. The number of hydrogen-bond donors (Lipinski definition) is 1. The molecule has 0 radical (unpaired) electrons. The molecule has 3 aromatic rings. The molecule has 1 aliphatic rings. The number of piperidine rings is 1. The van der Waals surface area contributed by atoms with E-state index >= 15 is 0 Å². The van der Waals surface area contributed by atoms with Gasteiger partial charge in [0.25, 0.3) is 5.56 Å². The molecule has 4 rings (SSSR count). The van der Waals surface area contributed by atoms with Crippen LogP contribution in [0.3, 0.4) is 0 Å². The molecule has 0 aliphatic carbocycles. The lowest BCUT2D eigenvalue weighted by Gasteiger charge is -2.38. The lowest BCUT2D eigenvalue weighted by atomic mass is 9.90. The number of nitrogens with zero attached hydrogens (tertiary/aromatic N) is 6. The van der Waals surface area contributed by atoms with Gasteiger partial charge in [-0.05, 0) is 38.4 Å². The summed E-state index contributed by atoms with van der Waals surface area (Å²) < 4.78 is 3.29. The fraction of sp³-hybridized carbons (Fsp3) is 0.481. The van der Waals surface area contributed by atoms with Crippen molar-refractivity contribution in [1.82, 2.24) is 29.1 Å². The van der Waals surface area contributed by atoms with Gasteiger partial charge in [-0.25, -0.2) is 4.98 Å². The molecule has 2 aromatic heterocycles. The average Bonchev–Trinajstić information content (AvgIpc) is 3.34. The molecule has 9 heteroatoms. The summed E-state index contributed by atoms with van der Waals surface area (Å²) in [5.41, 5.74) is 1.23. The molecule has 192 valence electrons. The van der Waals surface area contributed by atoms with Crippen LogP contribution in [0.1, 0.15) is 37.7 Å². The van der Waals surface area contributed by atoms with Gasteiger partial charge in [-0.1, -0.05) is 37.3 Å². The second-order valence-electron chi connectivity index (χ2n) is 10.2. The van der Waals surface area contributed by atoms with Crippen LogP contribution in [0.5, 0.6) is 0 Å². The first kappa shape index (κ1) is 25.8. The van der Waals surface area contributed by atoms with Gasteiger partial charge >= 0.3 is 0 Å². The number of aliphatic hydroxyl groups is 1. The summed E-state index contributed by atoms with van der Waals surface area (Å²) in [4.78, 5) is 34.0. The van der Waals surface area contributed by atoms with E-state index in [0.29, 0.717) is 38.0 Å². The van der Waals surface area contributed by atoms with E-state index in [9.17, 15) is 14.7 Å². The van der Waals surface area contributed by atoms with Gasteiger partial charge in [0.05, 0.1) is 36.9 Å². The van der Waals surface area contributed by atoms with Crippen LogP contribution in [-0.2, 0) is 17.9 Å². The van der Waals surface area contributed by atoms with Crippen molar-refractivity contribution >= 4 is 5.91 Å². The highest BCUT2D eigenvalue weighted by molar-refractivity contribution is 5.77. The zero-order valence-electron chi connectivity index (χ0n) is 21.4. The van der Waals surface area contributed by atoms with Crippen LogP contribution in [0.4, 0.5) is 0 Å². The Hall–Kier alpha value is -3.30. The first-order chi connectivity index (χ1) is 17.2. The highest BCUT2D eigenvalue weighted by atomic mass is 16.3. The quantitative estimate of drug-likeness (QED) is 0.492. The molecular weight excluding hydrogens is 456 g/mol. The highest BCUT2D eigenvalue weighted by Gasteiger charge is 2.34. The first-order valence-corrected chi connectivity index (χ1v) is 12.5. The van der Waals surface area contributed by atoms with Crippen LogP contribution in [0.25, 0.3) is 11.3 Å². The lowest BCUT2D eigenvalue weighted by molar-refractivity contribution is -0.136. The number of likely N-dealkylation sites (tertiary alicyclic amines) is 1. The van der Waals surface area contributed by atoms with E-state index in [1.165, 1.54) is 17.0 Å². The minimum Gasteiger partial charge on any atom is -0.388 e. The van der Waals surface area contributed by atoms with Gasteiger partial charge in [0.15, 0.2) is 0 Å². The van der Waals surface area contributed by atoms with E-state index in [4.69, 9.17) is 0 Å². The van der Waals surface area contributed by atoms with Crippen LogP contribution in [-0.4, -0.2) is 79.5 Å². The molecule has 1 saturated heterocycles. The molecule has 0 spiro atoms. The predicted molar refractivity (Wildman–Crippen MR) is 139 cm³/mol. The van der Waals surface area contributed by atoms with E-state index in [1.807, 2.05) is 60.2 Å². The molecular formula is C27H36N6O3. The molecule has 1 aliphatic heterocycles. The third kappa shape index (κ3) is 6.47. The number of hydrogen-bond acceptors (Lipinski definition) is 6. The molecule has 36 heavy (non-hydrogen) atoms. The fourth-order valence-electron chi connectivity index (χ4n) is 4.56. The van der Waals surface area contributed by atoms with Gasteiger partial charge in [-0.3, -0.25) is 18.8 Å². The van der Waals surface area contributed by atoms with Crippen LogP contribution >= 0.6 is 0 Å². The molecule has 1 N–H and O–H groups in total. The Morgan fingerprint density at radius 1 is 1.19 bits per heavy atom. The predicted octanol–water partition coefficient (Wildman–Crippen LogP) is 2.22. The molecule has 0 saturated carbocycles. The Morgan fingerprint density at radius 2 is 1.92 bits per heavy atom. The Balaban J connectivity index is 1.33. The van der Waals surface area contributed by atoms with Gasteiger partial charge in [0.1, 0.15) is 0 Å². The summed E-state index contributed by atoms with van der Waals surface area (Å²) in [6, 6.07) is 11.5. The van der Waals surface area contributed by atoms with E-state index in [0.717, 1.165) is 24.2 Å². The maximum Gasteiger partial charge on any atom is 0.253 e. The maximum atomic E-state index is 12.8. The van der Waals surface area contributed by atoms with Crippen molar-refractivity contribution < 1.29 is 9.90 Å². The molecule has 1 fully saturated rings. The molecule has 3 heterocycles. The van der Waals surface area contributed by atoms with E-state index in [-0.39, 0.29) is 23.9 Å². The minimum atomic E-state index is -1.05. The molecule has 1 aromatic carbocycles. The van der Waals surface area contributed by atoms with Gasteiger partial charge in [0.2, 0.25) is 5.91 Å². The monoisotopic (exact) mass is 492 g/mol. The number of aromatic nitrogens is 4. The van der Waals surface area contributed by atoms with Crippen LogP contribution in [0.2, 0.25) is 0 Å². The van der Waals surface area contributed by atoms with Gasteiger partial charge < -0.3 is 14.9 Å². The van der Waals surface area contributed by atoms with E-state index in [2.05, 4.69) is 21.9 Å². The largest absolute Gasteiger partial charge is 0.388 e. The second kappa shape index (κ2) is 11.2. The Kier molecular flexibility index (Phi) is 8.01. The standard InChI is InChI=1S/C27H36N6O3/c1-21(22-7-5-4-6-8-22)15-25(34)31-11-9-27(36,10-12-31)19-32-20-28-24(16-26(32)35)23-17-29-33(18-23)14-13-30(2)3/h4-8,16-18,20-21,36H,9-15,19H2,1-3H3/t21-/m1/s1. The molecule has 0 unspecified atom stereocenters. The molecule has 1 atom stereocenters. The zero-order valence-corrected chi connectivity index (χ0v) is 21.4. The molecule has 1 amide bonds. The second-order valence-corrected chi connectivity index (χ2v) is 10.2. The van der Waals surface area contributed by atoms with E-state index in [1.54, 1.807) is 6.20 Å². The topological polar surface area (TPSA) is 96.5 Å². The first-order valence-electron chi connectivity index (χ1n) is 12.5. The SMILES string of the molecule is C[C@H](CC(=O)N1CCC(O)(Cn2cnc(-c3cnn(CCN(C)C)c3)cc2=O)CC1)c1ccccc1. The average molecular weight is 493 g/mol. The van der Waals surface area contributed by atoms with Crippen molar-refractivity contribution in [3.8, 4) is 11.3 Å². The van der Waals surface area contributed by atoms with Crippen molar-refractivity contribution in [2.45, 2.75) is 50.8 Å². The maximum absolute atomic E-state index is 12.8. The van der Waals surface area contributed by atoms with Gasteiger partial charge in [-0.15, -0.1) is 0 Å². The number of amides is 1. The number of carbonyl (C=O) groups excluding carboxylic acids is 1. The fourth-order valence-corrected chi connectivity index (χ4v) is 4.56. The normalized spacial score (nSPS) is 16.3. The summed E-state index contributed by atoms with van der Waals surface area (Å²) in [7, 11) is 4.02. The smallest absolute Gasteiger partial charge is 0.253 e. The van der Waals surface area contributed by atoms with Crippen molar-refractivity contribution in [1.29, 1.82) is 0 Å². The van der Waals surface area contributed by atoms with Gasteiger partial charge in [-0.2, -0.15) is 5.10 Å². The highest BCUT2D eigenvalue weighted by Crippen LogP contribution is 2.26. The van der Waals surface area contributed by atoms with E-state index < -0.39 is 5.60 Å². The zero-order chi connectivity index (χ0) is 25.7. The third-order valence-corrected chi connectivity index (χ3v) is 6.95. The van der Waals surface area contributed by atoms with Crippen LogP contribution < -0.4 is 5.56 Å². The molecule has 0 bridgehead atoms. The number of likely N-dealkylation sites (N-methyl/N-ethyl adjacent to an activating group) is 1. The van der Waals surface area contributed by atoms with Gasteiger partial charge in [0, 0.05) is 43.9 Å². The number of rotatable bonds is 9. The summed E-state index contributed by atoms with van der Waals surface area (Å²) in [6.07, 6.45) is 6.37. The summed E-state index contributed by atoms with van der Waals surface area (Å²) >= 11 is 0. The number of carbonyl (C=O) groups is 1. The molecule has 9 nitrogen and oxygen atoms in total. The van der Waals surface area contributed by atoms with Crippen molar-refractivity contribution in [3.05, 3.63) is 71.0 Å². The summed E-state index contributed by atoms with van der Waals surface area (Å²) in [5.74, 6) is 0.241. The third-order valence-electron chi connectivity index (χ3n) is 6.95. The summed E-state index contributed by atoms with van der Waals surface area (Å²) in [6.45, 7) is 4.78. The van der Waals surface area contributed by atoms with Crippen LogP contribution in [0.15, 0.2) is 59.9 Å². The van der Waals surface area contributed by atoms with Crippen LogP contribution in [0, 0.1) is 0 Å².